The molecule has 4 heteroatoms. The Balaban J connectivity index is 1.98. The van der Waals surface area contributed by atoms with Crippen molar-refractivity contribution in [2.75, 3.05) is 20.2 Å². The van der Waals surface area contributed by atoms with Gasteiger partial charge in [-0.05, 0) is 55.2 Å². The van der Waals surface area contributed by atoms with Crippen LogP contribution in [0, 0.1) is 11.8 Å². The first-order valence-electron chi connectivity index (χ1n) is 10.4. The number of nitrogens with zero attached hydrogens (tertiary/aromatic N) is 2. The molecule has 0 spiro atoms. The third-order valence-electron chi connectivity index (χ3n) is 5.40. The Hall–Kier alpha value is -1.97. The molecule has 0 N–H and O–H groups in total. The van der Waals surface area contributed by atoms with E-state index >= 15 is 0 Å². The molecule has 1 amide bonds. The average molecular weight is 371 g/mol. The Kier molecular flexibility index (Phi) is 6.13. The first-order valence-corrected chi connectivity index (χ1v) is 10.4. The Bertz CT molecular complexity index is 794. The molecule has 1 aromatic heterocycles. The average Bonchev–Trinajstić information content (AvgIpc) is 2.93. The first-order chi connectivity index (χ1) is 12.9. The van der Waals surface area contributed by atoms with Gasteiger partial charge in [0.2, 0.25) is 5.91 Å². The van der Waals surface area contributed by atoms with Crippen molar-refractivity contribution in [1.82, 2.24) is 9.47 Å². The van der Waals surface area contributed by atoms with Crippen LogP contribution in [-0.2, 0) is 24.2 Å². The number of rotatable bonds is 7. The van der Waals surface area contributed by atoms with Crippen LogP contribution < -0.4 is 4.74 Å². The zero-order valence-corrected chi connectivity index (χ0v) is 17.5. The molecule has 3 rings (SSSR count). The summed E-state index contributed by atoms with van der Waals surface area (Å²) in [6.07, 6.45) is 4.62. The standard InChI is InChI=1S/C23H34N2O2/c1-16(2)13-24(14-17(3)4)23(26)15-25-21-9-7-6-8-19(21)20-11-10-18(27-5)12-22(20)25/h10-12,16-17H,6-9,13-15H2,1-5H3. The number of benzene rings is 1. The minimum atomic E-state index is 0.227. The molecule has 0 bridgehead atoms. The summed E-state index contributed by atoms with van der Waals surface area (Å²) >= 11 is 0. The number of carbonyl (C=O) groups excluding carboxylic acids is 1. The molecule has 0 unspecified atom stereocenters. The number of ether oxygens (including phenoxy) is 1. The zero-order chi connectivity index (χ0) is 19.6. The van der Waals surface area contributed by atoms with Crippen LogP contribution in [0.25, 0.3) is 10.9 Å². The van der Waals surface area contributed by atoms with Gasteiger partial charge in [0, 0.05) is 30.2 Å². The smallest absolute Gasteiger partial charge is 0.242 e. The fourth-order valence-electron chi connectivity index (χ4n) is 4.32. The lowest BCUT2D eigenvalue weighted by Gasteiger charge is -2.27. The van der Waals surface area contributed by atoms with E-state index < -0.39 is 0 Å². The number of aromatic nitrogens is 1. The number of hydrogen-bond donors (Lipinski definition) is 0. The van der Waals surface area contributed by atoms with Gasteiger partial charge in [-0.2, -0.15) is 0 Å². The summed E-state index contributed by atoms with van der Waals surface area (Å²) in [5, 5.41) is 1.29. The molecule has 27 heavy (non-hydrogen) atoms. The van der Waals surface area contributed by atoms with Crippen molar-refractivity contribution in [3.8, 4) is 5.75 Å². The molecular formula is C23H34N2O2. The Labute approximate surface area is 163 Å². The topological polar surface area (TPSA) is 34.5 Å². The number of methoxy groups -OCH3 is 1. The highest BCUT2D eigenvalue weighted by atomic mass is 16.5. The van der Waals surface area contributed by atoms with E-state index in [-0.39, 0.29) is 5.91 Å². The lowest BCUT2D eigenvalue weighted by molar-refractivity contribution is -0.132. The van der Waals surface area contributed by atoms with Gasteiger partial charge in [-0.3, -0.25) is 4.79 Å². The van der Waals surface area contributed by atoms with Crippen LogP contribution in [0.2, 0.25) is 0 Å². The predicted octanol–water partition coefficient (Wildman–Crippen LogP) is 4.67. The van der Waals surface area contributed by atoms with Gasteiger partial charge in [0.15, 0.2) is 0 Å². The Morgan fingerprint density at radius 1 is 1.11 bits per heavy atom. The number of carbonyl (C=O) groups is 1. The van der Waals surface area contributed by atoms with E-state index in [1.54, 1.807) is 7.11 Å². The van der Waals surface area contributed by atoms with Crippen molar-refractivity contribution in [3.63, 3.8) is 0 Å². The van der Waals surface area contributed by atoms with Crippen LogP contribution in [0.5, 0.6) is 5.75 Å². The van der Waals surface area contributed by atoms with E-state index in [9.17, 15) is 4.79 Å². The third-order valence-corrected chi connectivity index (χ3v) is 5.40. The molecular weight excluding hydrogens is 336 g/mol. The summed E-state index contributed by atoms with van der Waals surface area (Å²) in [4.78, 5) is 15.3. The summed E-state index contributed by atoms with van der Waals surface area (Å²) in [6, 6.07) is 6.29. The fourth-order valence-corrected chi connectivity index (χ4v) is 4.32. The van der Waals surface area contributed by atoms with Crippen molar-refractivity contribution >= 4 is 16.8 Å². The van der Waals surface area contributed by atoms with Crippen molar-refractivity contribution in [2.24, 2.45) is 11.8 Å². The van der Waals surface area contributed by atoms with Gasteiger partial charge in [-0.25, -0.2) is 0 Å². The normalized spacial score (nSPS) is 14.0. The quantitative estimate of drug-likeness (QED) is 0.710. The minimum Gasteiger partial charge on any atom is -0.497 e. The molecule has 0 saturated carbocycles. The van der Waals surface area contributed by atoms with Gasteiger partial charge >= 0.3 is 0 Å². The SMILES string of the molecule is COc1ccc2c3c(n(CC(=O)N(CC(C)C)CC(C)C)c2c1)CCCC3. The number of fused-ring (bicyclic) bond motifs is 3. The second-order valence-electron chi connectivity index (χ2n) is 8.69. The second-order valence-corrected chi connectivity index (χ2v) is 8.69. The molecule has 0 saturated heterocycles. The monoisotopic (exact) mass is 370 g/mol. The maximum absolute atomic E-state index is 13.2. The Morgan fingerprint density at radius 2 is 1.78 bits per heavy atom. The zero-order valence-electron chi connectivity index (χ0n) is 17.5. The highest BCUT2D eigenvalue weighted by Gasteiger charge is 2.24. The number of aryl methyl sites for hydroxylation is 1. The van der Waals surface area contributed by atoms with E-state index in [1.807, 2.05) is 6.07 Å². The molecule has 1 heterocycles. The number of hydrogen-bond acceptors (Lipinski definition) is 2. The van der Waals surface area contributed by atoms with E-state index in [0.29, 0.717) is 18.4 Å². The summed E-state index contributed by atoms with van der Waals surface area (Å²) in [5.41, 5.74) is 3.93. The first kappa shape index (κ1) is 19.8. The van der Waals surface area contributed by atoms with Gasteiger partial charge in [0.05, 0.1) is 12.6 Å². The molecule has 0 aliphatic heterocycles. The largest absolute Gasteiger partial charge is 0.497 e. The highest BCUT2D eigenvalue weighted by Crippen LogP contribution is 2.34. The molecule has 2 aromatic rings. The van der Waals surface area contributed by atoms with Gasteiger partial charge < -0.3 is 14.2 Å². The summed E-state index contributed by atoms with van der Waals surface area (Å²) in [5.74, 6) is 2.03. The van der Waals surface area contributed by atoms with Gasteiger partial charge in [0.25, 0.3) is 0 Å². The predicted molar refractivity (Wildman–Crippen MR) is 111 cm³/mol. The van der Waals surface area contributed by atoms with Crippen molar-refractivity contribution in [3.05, 3.63) is 29.5 Å². The fraction of sp³-hybridized carbons (Fsp3) is 0.609. The van der Waals surface area contributed by atoms with E-state index in [4.69, 9.17) is 4.74 Å². The van der Waals surface area contributed by atoms with Crippen LogP contribution in [-0.4, -0.2) is 35.6 Å². The third kappa shape index (κ3) is 4.31. The van der Waals surface area contributed by atoms with Gasteiger partial charge in [-0.15, -0.1) is 0 Å². The second kappa shape index (κ2) is 8.37. The van der Waals surface area contributed by atoms with Crippen LogP contribution in [0.4, 0.5) is 0 Å². The van der Waals surface area contributed by atoms with E-state index in [0.717, 1.165) is 37.2 Å². The molecule has 0 radical (unpaired) electrons. The molecule has 1 aromatic carbocycles. The maximum Gasteiger partial charge on any atom is 0.242 e. The minimum absolute atomic E-state index is 0.227. The van der Waals surface area contributed by atoms with Crippen molar-refractivity contribution in [1.29, 1.82) is 0 Å². The van der Waals surface area contributed by atoms with E-state index in [1.165, 1.54) is 29.5 Å². The van der Waals surface area contributed by atoms with Crippen molar-refractivity contribution in [2.45, 2.75) is 59.9 Å². The van der Waals surface area contributed by atoms with Gasteiger partial charge in [0.1, 0.15) is 12.3 Å². The summed E-state index contributed by atoms with van der Waals surface area (Å²) < 4.78 is 7.72. The molecule has 1 aliphatic carbocycles. The maximum atomic E-state index is 13.2. The molecule has 1 aliphatic rings. The lowest BCUT2D eigenvalue weighted by atomic mass is 9.95. The van der Waals surface area contributed by atoms with Crippen LogP contribution in [0.3, 0.4) is 0 Å². The van der Waals surface area contributed by atoms with E-state index in [2.05, 4.69) is 49.3 Å². The molecule has 4 nitrogen and oxygen atoms in total. The van der Waals surface area contributed by atoms with Crippen LogP contribution in [0.15, 0.2) is 18.2 Å². The molecule has 0 atom stereocenters. The summed E-state index contributed by atoms with van der Waals surface area (Å²) in [6.45, 7) is 10.8. The van der Waals surface area contributed by atoms with Crippen molar-refractivity contribution < 1.29 is 9.53 Å². The lowest BCUT2D eigenvalue weighted by Crippen LogP contribution is -2.39. The van der Waals surface area contributed by atoms with Crippen LogP contribution >= 0.6 is 0 Å². The number of amides is 1. The molecule has 148 valence electrons. The molecule has 0 fully saturated rings. The highest BCUT2D eigenvalue weighted by molar-refractivity contribution is 5.89. The Morgan fingerprint density at radius 3 is 2.41 bits per heavy atom. The van der Waals surface area contributed by atoms with Crippen LogP contribution in [0.1, 0.15) is 51.8 Å². The summed E-state index contributed by atoms with van der Waals surface area (Å²) in [7, 11) is 1.70. The van der Waals surface area contributed by atoms with Gasteiger partial charge in [-0.1, -0.05) is 27.7 Å².